The van der Waals surface area contributed by atoms with Crippen LogP contribution in [0.5, 0.6) is 0 Å². The van der Waals surface area contributed by atoms with E-state index in [1.165, 1.54) is 30.4 Å². The van der Waals surface area contributed by atoms with E-state index in [-0.39, 0.29) is 17.6 Å². The SMILES string of the molecule is Cc1ccc(C(=O)Nc2nc(CN3CCCC(C)C3)cs2)cc1NC(=O)c1ccco1. The molecule has 1 aliphatic rings. The van der Waals surface area contributed by atoms with Crippen molar-refractivity contribution in [1.82, 2.24) is 9.88 Å². The van der Waals surface area contributed by atoms with Gasteiger partial charge in [-0.15, -0.1) is 11.3 Å². The third kappa shape index (κ3) is 5.39. The van der Waals surface area contributed by atoms with Gasteiger partial charge in [0.1, 0.15) is 0 Å². The van der Waals surface area contributed by atoms with E-state index < -0.39 is 0 Å². The van der Waals surface area contributed by atoms with Gasteiger partial charge in [-0.3, -0.25) is 19.8 Å². The summed E-state index contributed by atoms with van der Waals surface area (Å²) in [6.07, 6.45) is 3.95. The molecular formula is C23H26N4O3S. The Balaban J connectivity index is 1.39. The van der Waals surface area contributed by atoms with Gasteiger partial charge in [-0.25, -0.2) is 4.98 Å². The summed E-state index contributed by atoms with van der Waals surface area (Å²) in [5.41, 5.74) is 2.84. The standard InChI is InChI=1S/C23H26N4O3S/c1-15-5-3-9-27(12-15)13-18-14-31-23(24-18)26-21(28)17-8-7-16(2)19(11-17)25-22(29)20-6-4-10-30-20/h4,6-8,10-11,14-15H,3,5,9,12-13H2,1-2H3,(H,25,29)(H,24,26,28). The highest BCUT2D eigenvalue weighted by Gasteiger charge is 2.18. The van der Waals surface area contributed by atoms with Gasteiger partial charge in [0.25, 0.3) is 11.8 Å². The highest BCUT2D eigenvalue weighted by Crippen LogP contribution is 2.23. The number of nitrogens with one attached hydrogen (secondary N) is 2. The average Bonchev–Trinajstić information content (AvgIpc) is 3.42. The smallest absolute Gasteiger partial charge is 0.291 e. The van der Waals surface area contributed by atoms with E-state index in [2.05, 4.69) is 27.4 Å². The number of thiazole rings is 1. The van der Waals surface area contributed by atoms with Gasteiger partial charge in [-0.2, -0.15) is 0 Å². The first-order chi connectivity index (χ1) is 15.0. The van der Waals surface area contributed by atoms with Crippen LogP contribution in [-0.2, 0) is 6.54 Å². The van der Waals surface area contributed by atoms with Gasteiger partial charge in [-0.1, -0.05) is 13.0 Å². The minimum absolute atomic E-state index is 0.215. The molecule has 2 N–H and O–H groups in total. The summed E-state index contributed by atoms with van der Waals surface area (Å²) in [6.45, 7) is 7.15. The van der Waals surface area contributed by atoms with Crippen LogP contribution in [0.3, 0.4) is 0 Å². The summed E-state index contributed by atoms with van der Waals surface area (Å²) in [7, 11) is 0. The Labute approximate surface area is 185 Å². The molecule has 0 spiro atoms. The normalized spacial score (nSPS) is 16.8. The lowest BCUT2D eigenvalue weighted by Gasteiger charge is -2.30. The van der Waals surface area contributed by atoms with Crippen molar-refractivity contribution in [1.29, 1.82) is 0 Å². The zero-order valence-corrected chi connectivity index (χ0v) is 18.5. The number of piperidine rings is 1. The lowest BCUT2D eigenvalue weighted by atomic mass is 10.0. The summed E-state index contributed by atoms with van der Waals surface area (Å²) < 4.78 is 5.12. The van der Waals surface area contributed by atoms with E-state index in [0.29, 0.717) is 16.4 Å². The summed E-state index contributed by atoms with van der Waals surface area (Å²) in [5.74, 6) is 0.312. The van der Waals surface area contributed by atoms with E-state index in [9.17, 15) is 9.59 Å². The Kier molecular flexibility index (Phi) is 6.48. The number of carbonyl (C=O) groups is 2. The molecule has 1 atom stereocenters. The van der Waals surface area contributed by atoms with Crippen molar-refractivity contribution in [2.45, 2.75) is 33.2 Å². The molecule has 3 heterocycles. The van der Waals surface area contributed by atoms with Crippen LogP contribution in [0.4, 0.5) is 10.8 Å². The van der Waals surface area contributed by atoms with Gasteiger partial charge in [0.05, 0.1) is 12.0 Å². The molecular weight excluding hydrogens is 412 g/mol. The van der Waals surface area contributed by atoms with Crippen LogP contribution in [-0.4, -0.2) is 34.8 Å². The van der Waals surface area contributed by atoms with Gasteiger partial charge >= 0.3 is 0 Å². The van der Waals surface area contributed by atoms with Crippen LogP contribution < -0.4 is 10.6 Å². The first-order valence-electron chi connectivity index (χ1n) is 10.4. The van der Waals surface area contributed by atoms with Gasteiger partial charge in [-0.05, 0) is 62.1 Å². The van der Waals surface area contributed by atoms with Crippen LogP contribution in [0.25, 0.3) is 0 Å². The fourth-order valence-corrected chi connectivity index (χ4v) is 4.45. The number of anilines is 2. The number of benzene rings is 1. The largest absolute Gasteiger partial charge is 0.459 e. The molecule has 2 aromatic heterocycles. The molecule has 7 nitrogen and oxygen atoms in total. The Morgan fingerprint density at radius 2 is 2.13 bits per heavy atom. The van der Waals surface area contributed by atoms with Gasteiger partial charge < -0.3 is 9.73 Å². The van der Waals surface area contributed by atoms with Gasteiger partial charge in [0, 0.05) is 29.7 Å². The molecule has 1 aromatic carbocycles. The number of hydrogen-bond donors (Lipinski definition) is 2. The fraction of sp³-hybridized carbons (Fsp3) is 0.348. The van der Waals surface area contributed by atoms with Gasteiger partial charge in [0.2, 0.25) is 0 Å². The van der Waals surface area contributed by atoms with Crippen molar-refractivity contribution in [3.63, 3.8) is 0 Å². The minimum Gasteiger partial charge on any atom is -0.459 e. The van der Waals surface area contributed by atoms with Crippen molar-refractivity contribution in [3.05, 3.63) is 64.6 Å². The summed E-state index contributed by atoms with van der Waals surface area (Å²) in [6, 6.07) is 8.44. The molecule has 1 fully saturated rings. The summed E-state index contributed by atoms with van der Waals surface area (Å²) >= 11 is 1.43. The van der Waals surface area contributed by atoms with Crippen molar-refractivity contribution >= 4 is 34.0 Å². The number of nitrogens with zero attached hydrogens (tertiary/aromatic N) is 2. The second-order valence-corrected chi connectivity index (χ2v) is 8.90. The van der Waals surface area contributed by atoms with E-state index in [4.69, 9.17) is 4.42 Å². The van der Waals surface area contributed by atoms with E-state index >= 15 is 0 Å². The lowest BCUT2D eigenvalue weighted by molar-refractivity contribution is 0.0993. The summed E-state index contributed by atoms with van der Waals surface area (Å²) in [5, 5.41) is 8.24. The molecule has 1 aliphatic heterocycles. The molecule has 0 aliphatic carbocycles. The fourth-order valence-electron chi connectivity index (χ4n) is 3.76. The Bertz CT molecular complexity index is 1060. The van der Waals surface area contributed by atoms with E-state index in [1.54, 1.807) is 30.3 Å². The number of aryl methyl sites for hydroxylation is 1. The predicted molar refractivity (Wildman–Crippen MR) is 122 cm³/mol. The molecule has 8 heteroatoms. The molecule has 1 unspecified atom stereocenters. The number of hydrogen-bond acceptors (Lipinski definition) is 6. The second-order valence-electron chi connectivity index (χ2n) is 8.04. The minimum atomic E-state index is -0.359. The monoisotopic (exact) mass is 438 g/mol. The molecule has 0 radical (unpaired) electrons. The number of carbonyl (C=O) groups excluding carboxylic acids is 2. The maximum absolute atomic E-state index is 12.7. The molecule has 2 amide bonds. The van der Waals surface area contributed by atoms with Crippen LogP contribution in [0.2, 0.25) is 0 Å². The number of rotatable bonds is 6. The van der Waals surface area contributed by atoms with Crippen molar-refractivity contribution < 1.29 is 14.0 Å². The summed E-state index contributed by atoms with van der Waals surface area (Å²) in [4.78, 5) is 32.0. The first kappa shape index (κ1) is 21.3. The highest BCUT2D eigenvalue weighted by molar-refractivity contribution is 7.14. The molecule has 162 valence electrons. The molecule has 0 saturated carbocycles. The predicted octanol–water partition coefficient (Wildman–Crippen LogP) is 4.78. The van der Waals surface area contributed by atoms with E-state index in [1.807, 2.05) is 12.3 Å². The molecule has 0 bridgehead atoms. The zero-order chi connectivity index (χ0) is 21.8. The van der Waals surface area contributed by atoms with Crippen molar-refractivity contribution in [2.75, 3.05) is 23.7 Å². The molecule has 31 heavy (non-hydrogen) atoms. The third-order valence-corrected chi connectivity index (χ3v) is 6.20. The quantitative estimate of drug-likeness (QED) is 0.578. The zero-order valence-electron chi connectivity index (χ0n) is 17.7. The molecule has 3 aromatic rings. The van der Waals surface area contributed by atoms with Crippen LogP contribution in [0, 0.1) is 12.8 Å². The number of amides is 2. The molecule has 4 rings (SSSR count). The van der Waals surface area contributed by atoms with Crippen LogP contribution in [0.1, 0.15) is 51.9 Å². The number of aromatic nitrogens is 1. The van der Waals surface area contributed by atoms with Crippen LogP contribution >= 0.6 is 11.3 Å². The van der Waals surface area contributed by atoms with Crippen molar-refractivity contribution in [2.24, 2.45) is 5.92 Å². The van der Waals surface area contributed by atoms with Gasteiger partial charge in [0.15, 0.2) is 10.9 Å². The first-order valence-corrected chi connectivity index (χ1v) is 11.3. The maximum Gasteiger partial charge on any atom is 0.291 e. The number of furan rings is 1. The maximum atomic E-state index is 12.7. The Morgan fingerprint density at radius 3 is 2.90 bits per heavy atom. The topological polar surface area (TPSA) is 87.5 Å². The average molecular weight is 439 g/mol. The van der Waals surface area contributed by atoms with E-state index in [0.717, 1.165) is 36.8 Å². The number of likely N-dealkylation sites (tertiary alicyclic amines) is 1. The van der Waals surface area contributed by atoms with Crippen LogP contribution in [0.15, 0.2) is 46.4 Å². The second kappa shape index (κ2) is 9.45. The molecule has 1 saturated heterocycles. The Hall–Kier alpha value is -2.97. The third-order valence-electron chi connectivity index (χ3n) is 5.39. The Morgan fingerprint density at radius 1 is 1.26 bits per heavy atom. The lowest BCUT2D eigenvalue weighted by Crippen LogP contribution is -2.33. The highest BCUT2D eigenvalue weighted by atomic mass is 32.1. The van der Waals surface area contributed by atoms with Crippen molar-refractivity contribution in [3.8, 4) is 0 Å².